The minimum Gasteiger partial charge on any atom is -0.426 e. The zero-order valence-corrected chi connectivity index (χ0v) is 16.4. The van der Waals surface area contributed by atoms with Crippen molar-refractivity contribution in [2.45, 2.75) is 27.7 Å². The van der Waals surface area contributed by atoms with Gasteiger partial charge in [-0.1, -0.05) is 45.2 Å². The van der Waals surface area contributed by atoms with Crippen LogP contribution in [-0.2, 0) is 9.53 Å². The SMILES string of the molecule is C=CC(C=C)=C(/C=C\C)OC(C)=O.CCN(CC)CCNC.CN. The molecule has 0 atom stereocenters. The fourth-order valence-electron chi connectivity index (χ4n) is 1.59. The Morgan fingerprint density at radius 1 is 1.21 bits per heavy atom. The molecule has 0 aromatic heterocycles. The maximum absolute atomic E-state index is 10.7. The molecule has 0 radical (unpaired) electrons. The Kier molecular flexibility index (Phi) is 24.1. The summed E-state index contributed by atoms with van der Waals surface area (Å²) in [4.78, 5) is 13.1. The Balaban J connectivity index is -0.000000351. The van der Waals surface area contributed by atoms with Crippen LogP contribution in [-0.4, -0.2) is 51.1 Å². The van der Waals surface area contributed by atoms with Crippen molar-refractivity contribution in [1.82, 2.24) is 10.2 Å². The van der Waals surface area contributed by atoms with E-state index in [-0.39, 0.29) is 5.97 Å². The molecule has 0 aromatic rings. The summed E-state index contributed by atoms with van der Waals surface area (Å²) in [7, 11) is 3.49. The molecule has 0 aromatic carbocycles. The standard InChI is InChI=1S/C11H14O2.C7H18N2.CH5N/c1-5-8-11(13-9(4)12)10(6-2)7-3;1-4-9(5-2)7-6-8-3;1-2/h5-8H,2-3H2,1,4H3;8H,4-7H2,1-3H3;2H2,1H3/b8-5-;;. The third-order valence-corrected chi connectivity index (χ3v) is 2.87. The van der Waals surface area contributed by atoms with Crippen molar-refractivity contribution >= 4 is 5.97 Å². The van der Waals surface area contributed by atoms with Crippen molar-refractivity contribution < 1.29 is 9.53 Å². The molecule has 0 rings (SSSR count). The smallest absolute Gasteiger partial charge is 0.308 e. The largest absolute Gasteiger partial charge is 0.426 e. The van der Waals surface area contributed by atoms with Crippen molar-refractivity contribution in [3.8, 4) is 0 Å². The van der Waals surface area contributed by atoms with Gasteiger partial charge < -0.3 is 20.7 Å². The van der Waals surface area contributed by atoms with E-state index in [1.165, 1.54) is 20.5 Å². The monoisotopic (exact) mass is 339 g/mol. The van der Waals surface area contributed by atoms with Gasteiger partial charge in [-0.2, -0.15) is 0 Å². The average Bonchev–Trinajstić information content (AvgIpc) is 2.59. The lowest BCUT2D eigenvalue weighted by molar-refractivity contribution is -0.136. The molecule has 0 bridgehead atoms. The normalized spacial score (nSPS) is 9.33. The third kappa shape index (κ3) is 16.7. The highest BCUT2D eigenvalue weighted by Crippen LogP contribution is 2.10. The molecule has 140 valence electrons. The number of nitrogens with two attached hydrogens (primary N) is 1. The molecule has 24 heavy (non-hydrogen) atoms. The number of nitrogens with zero attached hydrogens (tertiary/aromatic N) is 1. The Morgan fingerprint density at radius 3 is 2.00 bits per heavy atom. The number of esters is 1. The summed E-state index contributed by atoms with van der Waals surface area (Å²) in [6.07, 6.45) is 6.65. The maximum Gasteiger partial charge on any atom is 0.308 e. The minimum atomic E-state index is -0.352. The van der Waals surface area contributed by atoms with E-state index in [0.717, 1.165) is 19.6 Å². The van der Waals surface area contributed by atoms with Crippen LogP contribution in [0.2, 0.25) is 0 Å². The molecular weight excluding hydrogens is 302 g/mol. The second-order valence-electron chi connectivity index (χ2n) is 4.45. The van der Waals surface area contributed by atoms with Crippen LogP contribution in [0.25, 0.3) is 0 Å². The summed E-state index contributed by atoms with van der Waals surface area (Å²) in [6, 6.07) is 0. The Morgan fingerprint density at radius 2 is 1.71 bits per heavy atom. The molecule has 0 aliphatic rings. The zero-order chi connectivity index (χ0) is 19.4. The summed E-state index contributed by atoms with van der Waals surface area (Å²) in [5, 5.41) is 3.13. The van der Waals surface area contributed by atoms with Crippen LogP contribution in [0.5, 0.6) is 0 Å². The van der Waals surface area contributed by atoms with Gasteiger partial charge in [0.25, 0.3) is 0 Å². The summed E-state index contributed by atoms with van der Waals surface area (Å²) in [5.74, 6) is 0.120. The number of carbonyl (C=O) groups is 1. The first-order chi connectivity index (χ1) is 11.5. The average molecular weight is 340 g/mol. The van der Waals surface area contributed by atoms with Gasteiger partial charge in [-0.05, 0) is 40.2 Å². The second kappa shape index (κ2) is 21.3. The van der Waals surface area contributed by atoms with Crippen LogP contribution in [0.15, 0.2) is 48.8 Å². The highest BCUT2D eigenvalue weighted by Gasteiger charge is 2.01. The van der Waals surface area contributed by atoms with Gasteiger partial charge in [-0.3, -0.25) is 4.79 Å². The van der Waals surface area contributed by atoms with Crippen molar-refractivity contribution in [2.75, 3.05) is 40.3 Å². The number of hydrogen-bond acceptors (Lipinski definition) is 5. The lowest BCUT2D eigenvalue weighted by Crippen LogP contribution is -2.30. The highest BCUT2D eigenvalue weighted by atomic mass is 16.5. The number of nitrogens with one attached hydrogen (secondary N) is 1. The second-order valence-corrected chi connectivity index (χ2v) is 4.45. The molecule has 0 spiro atoms. The Hall–Kier alpha value is -1.69. The molecule has 0 aliphatic carbocycles. The van der Waals surface area contributed by atoms with E-state index in [1.807, 2.05) is 14.0 Å². The van der Waals surface area contributed by atoms with Gasteiger partial charge >= 0.3 is 5.97 Å². The first-order valence-corrected chi connectivity index (χ1v) is 8.25. The molecule has 0 heterocycles. The quantitative estimate of drug-likeness (QED) is 0.384. The minimum absolute atomic E-state index is 0.352. The fourth-order valence-corrected chi connectivity index (χ4v) is 1.59. The molecule has 0 aliphatic heterocycles. The van der Waals surface area contributed by atoms with E-state index in [2.05, 4.69) is 43.0 Å². The summed E-state index contributed by atoms with van der Waals surface area (Å²) in [6.45, 7) is 19.4. The van der Waals surface area contributed by atoms with E-state index < -0.39 is 0 Å². The Labute approximate surface area is 148 Å². The fraction of sp³-hybridized carbons (Fsp3) is 0.526. The van der Waals surface area contributed by atoms with Gasteiger partial charge in [-0.25, -0.2) is 0 Å². The maximum atomic E-state index is 10.7. The van der Waals surface area contributed by atoms with Gasteiger partial charge in [0.1, 0.15) is 5.76 Å². The van der Waals surface area contributed by atoms with Gasteiger partial charge in [0.2, 0.25) is 0 Å². The van der Waals surface area contributed by atoms with Gasteiger partial charge in [0.05, 0.1) is 0 Å². The van der Waals surface area contributed by atoms with Gasteiger partial charge in [-0.15, -0.1) is 0 Å². The van der Waals surface area contributed by atoms with Crippen molar-refractivity contribution in [3.63, 3.8) is 0 Å². The first-order valence-electron chi connectivity index (χ1n) is 8.25. The van der Waals surface area contributed by atoms with E-state index >= 15 is 0 Å². The van der Waals surface area contributed by atoms with Crippen molar-refractivity contribution in [3.05, 3.63) is 48.8 Å². The molecule has 5 nitrogen and oxygen atoms in total. The van der Waals surface area contributed by atoms with Crippen LogP contribution in [0, 0.1) is 0 Å². The predicted molar refractivity (Wildman–Crippen MR) is 106 cm³/mol. The molecule has 0 amide bonds. The zero-order valence-electron chi connectivity index (χ0n) is 16.4. The third-order valence-electron chi connectivity index (χ3n) is 2.87. The van der Waals surface area contributed by atoms with E-state index in [4.69, 9.17) is 4.74 Å². The van der Waals surface area contributed by atoms with Crippen LogP contribution >= 0.6 is 0 Å². The van der Waals surface area contributed by atoms with E-state index in [9.17, 15) is 4.79 Å². The first kappa shape index (κ1) is 27.2. The molecular formula is C19H37N3O2. The lowest BCUT2D eigenvalue weighted by atomic mass is 10.2. The van der Waals surface area contributed by atoms with Crippen LogP contribution in [0.1, 0.15) is 27.7 Å². The molecule has 0 unspecified atom stereocenters. The van der Waals surface area contributed by atoms with Crippen molar-refractivity contribution in [1.29, 1.82) is 0 Å². The van der Waals surface area contributed by atoms with E-state index in [1.54, 1.807) is 24.3 Å². The van der Waals surface area contributed by atoms with Crippen LogP contribution in [0.4, 0.5) is 0 Å². The summed E-state index contributed by atoms with van der Waals surface area (Å²) < 4.78 is 4.95. The number of ether oxygens (including phenoxy) is 1. The molecule has 0 saturated carbocycles. The van der Waals surface area contributed by atoms with Crippen molar-refractivity contribution in [2.24, 2.45) is 5.73 Å². The van der Waals surface area contributed by atoms with Gasteiger partial charge in [0, 0.05) is 25.6 Å². The van der Waals surface area contributed by atoms with Crippen LogP contribution < -0.4 is 11.1 Å². The summed E-state index contributed by atoms with van der Waals surface area (Å²) in [5.41, 5.74) is 5.20. The number of hydrogen-bond donors (Lipinski definition) is 2. The van der Waals surface area contributed by atoms with Gasteiger partial charge in [0.15, 0.2) is 0 Å². The number of allylic oxidation sites excluding steroid dienone is 5. The Bertz CT molecular complexity index is 374. The number of likely N-dealkylation sites (N-methyl/N-ethyl adjacent to an activating group) is 2. The number of carbonyl (C=O) groups excluding carboxylic acids is 1. The highest BCUT2D eigenvalue weighted by molar-refractivity contribution is 5.68. The topological polar surface area (TPSA) is 67.6 Å². The molecule has 0 fully saturated rings. The number of rotatable bonds is 9. The van der Waals surface area contributed by atoms with E-state index in [0.29, 0.717) is 11.3 Å². The van der Waals surface area contributed by atoms with Crippen LogP contribution in [0.3, 0.4) is 0 Å². The predicted octanol–water partition coefficient (Wildman–Crippen LogP) is 2.87. The molecule has 0 saturated heterocycles. The lowest BCUT2D eigenvalue weighted by Gasteiger charge is -2.16. The molecule has 5 heteroatoms. The molecule has 3 N–H and O–H groups in total. The summed E-state index contributed by atoms with van der Waals surface area (Å²) >= 11 is 0.